The SMILES string of the molecule is CCC1(C)c2ccccc2-c2n(nc(-c3ccccc3-c3ccccc3)[n+]2-c2cc(C)cc(C)c2)C1(C)CC. The summed E-state index contributed by atoms with van der Waals surface area (Å²) in [6, 6.07) is 35.2. The Kier molecular flexibility index (Phi) is 6.06. The van der Waals surface area contributed by atoms with E-state index in [1.54, 1.807) is 0 Å². The van der Waals surface area contributed by atoms with Gasteiger partial charge in [-0.25, -0.2) is 0 Å². The molecule has 196 valence electrons. The van der Waals surface area contributed by atoms with Crippen LogP contribution >= 0.6 is 0 Å². The lowest BCUT2D eigenvalue weighted by atomic mass is 9.61. The van der Waals surface area contributed by atoms with E-state index in [4.69, 9.17) is 5.10 Å². The second-order valence-corrected chi connectivity index (χ2v) is 11.5. The van der Waals surface area contributed by atoms with Crippen LogP contribution in [-0.2, 0) is 11.0 Å². The third kappa shape index (κ3) is 3.71. The minimum Gasteiger partial charge on any atom is -0.190 e. The van der Waals surface area contributed by atoms with Crippen molar-refractivity contribution in [3.63, 3.8) is 0 Å². The lowest BCUT2D eigenvalue weighted by Crippen LogP contribution is -2.53. The molecule has 0 amide bonds. The summed E-state index contributed by atoms with van der Waals surface area (Å²) in [4.78, 5) is 0. The van der Waals surface area contributed by atoms with Gasteiger partial charge in [0, 0.05) is 10.5 Å². The molecule has 0 fully saturated rings. The first-order chi connectivity index (χ1) is 18.8. The van der Waals surface area contributed by atoms with Gasteiger partial charge in [-0.3, -0.25) is 0 Å². The van der Waals surface area contributed by atoms with Crippen molar-refractivity contribution in [1.29, 1.82) is 0 Å². The van der Waals surface area contributed by atoms with Crippen LogP contribution < -0.4 is 4.57 Å². The number of aromatic nitrogens is 3. The highest BCUT2D eigenvalue weighted by molar-refractivity contribution is 5.80. The third-order valence-electron chi connectivity index (χ3n) is 9.35. The van der Waals surface area contributed by atoms with E-state index in [0.717, 1.165) is 35.7 Å². The van der Waals surface area contributed by atoms with Gasteiger partial charge in [-0.1, -0.05) is 98.2 Å². The summed E-state index contributed by atoms with van der Waals surface area (Å²) < 4.78 is 4.79. The Balaban J connectivity index is 1.78. The minimum atomic E-state index is -0.202. The fourth-order valence-electron chi connectivity index (χ4n) is 6.80. The highest BCUT2D eigenvalue weighted by Gasteiger charge is 2.57. The van der Waals surface area contributed by atoms with Gasteiger partial charge in [-0.15, -0.1) is 0 Å². The van der Waals surface area contributed by atoms with Gasteiger partial charge in [-0.05, 0) is 85.7 Å². The fraction of sp³-hybridized carbons (Fsp3) is 0.278. The van der Waals surface area contributed by atoms with Gasteiger partial charge in [-0.2, -0.15) is 4.57 Å². The Morgan fingerprint density at radius 2 is 1.28 bits per heavy atom. The molecule has 0 aliphatic carbocycles. The van der Waals surface area contributed by atoms with Crippen LogP contribution in [-0.4, -0.2) is 9.78 Å². The monoisotopic (exact) mass is 512 g/mol. The third-order valence-corrected chi connectivity index (χ3v) is 9.35. The Labute approximate surface area is 232 Å². The zero-order valence-electron chi connectivity index (χ0n) is 24.0. The van der Waals surface area contributed by atoms with E-state index >= 15 is 0 Å². The molecule has 5 aromatic rings. The Bertz CT molecular complexity index is 1660. The molecule has 4 aromatic carbocycles. The van der Waals surface area contributed by atoms with Crippen LogP contribution in [0.4, 0.5) is 0 Å². The predicted molar refractivity (Wildman–Crippen MR) is 161 cm³/mol. The molecule has 3 nitrogen and oxygen atoms in total. The van der Waals surface area contributed by atoms with Crippen LogP contribution in [0.25, 0.3) is 39.6 Å². The average molecular weight is 513 g/mol. The molecule has 0 saturated heterocycles. The van der Waals surface area contributed by atoms with E-state index in [1.165, 1.54) is 33.4 Å². The van der Waals surface area contributed by atoms with E-state index in [1.807, 2.05) is 0 Å². The van der Waals surface area contributed by atoms with Gasteiger partial charge in [0.25, 0.3) is 5.82 Å². The standard InChI is InChI=1S/C36H38N3/c1-7-35(5)32-21-15-14-20-31(32)34-38(28-23-25(3)22-26(4)24-28)33(37-39(34)36(35,6)8-2)30-19-13-12-18-29(30)27-16-10-9-11-17-27/h9-24H,7-8H2,1-6H3/q+1. The predicted octanol–water partition coefficient (Wildman–Crippen LogP) is 8.58. The van der Waals surface area contributed by atoms with Crippen LogP contribution in [0.5, 0.6) is 0 Å². The van der Waals surface area contributed by atoms with Crippen LogP contribution in [0.3, 0.4) is 0 Å². The largest absolute Gasteiger partial charge is 0.314 e. The van der Waals surface area contributed by atoms with Crippen molar-refractivity contribution in [1.82, 2.24) is 9.78 Å². The van der Waals surface area contributed by atoms with Gasteiger partial charge in [0.2, 0.25) is 0 Å². The summed E-state index contributed by atoms with van der Waals surface area (Å²) in [5.74, 6) is 2.13. The first-order valence-electron chi connectivity index (χ1n) is 14.2. The Hall–Kier alpha value is -3.98. The second kappa shape index (κ2) is 9.34. The topological polar surface area (TPSA) is 21.7 Å². The summed E-state index contributed by atoms with van der Waals surface area (Å²) in [6.45, 7) is 13.8. The fourth-order valence-corrected chi connectivity index (χ4v) is 6.80. The molecule has 1 aliphatic rings. The first kappa shape index (κ1) is 25.3. The van der Waals surface area contributed by atoms with Gasteiger partial charge in [0.15, 0.2) is 0 Å². The number of fused-ring (bicyclic) bond motifs is 3. The smallest absolute Gasteiger partial charge is 0.190 e. The molecule has 2 atom stereocenters. The number of rotatable bonds is 5. The van der Waals surface area contributed by atoms with Gasteiger partial charge < -0.3 is 0 Å². The number of nitrogens with zero attached hydrogens (tertiary/aromatic N) is 3. The summed E-state index contributed by atoms with van der Waals surface area (Å²) in [7, 11) is 0. The van der Waals surface area contributed by atoms with Crippen molar-refractivity contribution in [2.45, 2.75) is 65.3 Å². The maximum absolute atomic E-state index is 5.59. The number of hydrogen-bond donors (Lipinski definition) is 0. The quantitative estimate of drug-likeness (QED) is 0.216. The summed E-state index contributed by atoms with van der Waals surface area (Å²) in [5, 5.41) is 5.59. The van der Waals surface area contributed by atoms with Crippen molar-refractivity contribution < 1.29 is 4.57 Å². The summed E-state index contributed by atoms with van der Waals surface area (Å²) >= 11 is 0. The minimum absolute atomic E-state index is 0.0616. The second-order valence-electron chi connectivity index (χ2n) is 11.5. The molecule has 39 heavy (non-hydrogen) atoms. The lowest BCUT2D eigenvalue weighted by molar-refractivity contribution is -0.573. The zero-order chi connectivity index (χ0) is 27.4. The first-order valence-corrected chi connectivity index (χ1v) is 14.2. The van der Waals surface area contributed by atoms with Crippen LogP contribution in [0, 0.1) is 13.8 Å². The van der Waals surface area contributed by atoms with E-state index in [2.05, 4.69) is 148 Å². The molecule has 2 heterocycles. The van der Waals surface area contributed by atoms with Gasteiger partial charge in [0.1, 0.15) is 11.2 Å². The summed E-state index contributed by atoms with van der Waals surface area (Å²) in [6.07, 6.45) is 2.01. The molecular formula is C36H38N3+. The molecule has 3 heteroatoms. The number of hydrogen-bond acceptors (Lipinski definition) is 1. The van der Waals surface area contributed by atoms with E-state index in [9.17, 15) is 0 Å². The number of aryl methyl sites for hydroxylation is 2. The molecule has 0 spiro atoms. The van der Waals surface area contributed by atoms with E-state index in [0.29, 0.717) is 0 Å². The molecule has 0 bridgehead atoms. The molecule has 1 aliphatic heterocycles. The summed E-state index contributed by atoms with van der Waals surface area (Å²) in [5.41, 5.74) is 9.59. The Morgan fingerprint density at radius 1 is 0.692 bits per heavy atom. The van der Waals surface area contributed by atoms with Crippen LogP contribution in [0.15, 0.2) is 97.1 Å². The highest BCUT2D eigenvalue weighted by Crippen LogP contribution is 2.53. The van der Waals surface area contributed by atoms with Crippen LogP contribution in [0.2, 0.25) is 0 Å². The maximum atomic E-state index is 5.59. The molecule has 1 aromatic heterocycles. The van der Waals surface area contributed by atoms with Crippen molar-refractivity contribution in [3.05, 3.63) is 114 Å². The van der Waals surface area contributed by atoms with E-state index in [-0.39, 0.29) is 11.0 Å². The molecule has 0 saturated carbocycles. The van der Waals surface area contributed by atoms with Gasteiger partial charge >= 0.3 is 5.82 Å². The van der Waals surface area contributed by atoms with Gasteiger partial charge in [0.05, 0.1) is 11.1 Å². The molecule has 2 unspecified atom stereocenters. The van der Waals surface area contributed by atoms with Crippen molar-refractivity contribution in [2.24, 2.45) is 0 Å². The zero-order valence-corrected chi connectivity index (χ0v) is 24.0. The Morgan fingerprint density at radius 3 is 1.92 bits per heavy atom. The van der Waals surface area contributed by atoms with E-state index < -0.39 is 0 Å². The normalized spacial score (nSPS) is 19.9. The van der Waals surface area contributed by atoms with Crippen molar-refractivity contribution in [2.75, 3.05) is 0 Å². The van der Waals surface area contributed by atoms with Crippen LogP contribution in [0.1, 0.15) is 57.2 Å². The van der Waals surface area contributed by atoms with Crippen molar-refractivity contribution >= 4 is 0 Å². The highest BCUT2D eigenvalue weighted by atomic mass is 15.4. The molecule has 0 radical (unpaired) electrons. The van der Waals surface area contributed by atoms with Crippen molar-refractivity contribution in [3.8, 4) is 39.6 Å². The molecule has 0 N–H and O–H groups in total. The maximum Gasteiger partial charge on any atom is 0.314 e. The number of benzene rings is 4. The lowest BCUT2D eigenvalue weighted by Gasteiger charge is -2.46. The molecule has 6 rings (SSSR count). The molecular weight excluding hydrogens is 474 g/mol. The average Bonchev–Trinajstić information content (AvgIpc) is 3.37.